The van der Waals surface area contributed by atoms with E-state index in [4.69, 9.17) is 9.47 Å². The highest BCUT2D eigenvalue weighted by Gasteiger charge is 2.32. The maximum atomic E-state index is 13.0. The normalized spacial score (nSPS) is 15.6. The van der Waals surface area contributed by atoms with E-state index in [1.165, 1.54) is 14.2 Å². The summed E-state index contributed by atoms with van der Waals surface area (Å²) in [4.78, 5) is 14.8. The van der Waals surface area contributed by atoms with E-state index in [2.05, 4.69) is 9.59 Å². The lowest BCUT2D eigenvalue weighted by molar-refractivity contribution is 0.0704. The molecule has 0 aliphatic carbocycles. The Morgan fingerprint density at radius 1 is 1.19 bits per heavy atom. The number of ether oxygens (including phenoxy) is 2. The largest absolute Gasteiger partial charge is 0.496 e. The molecule has 0 radical (unpaired) electrons. The van der Waals surface area contributed by atoms with Crippen LogP contribution in [0.25, 0.3) is 0 Å². The van der Waals surface area contributed by atoms with Crippen LogP contribution < -0.4 is 9.47 Å². The smallest absolute Gasteiger partial charge is 0.261 e. The second-order valence-corrected chi connectivity index (χ2v) is 9.29. The number of likely N-dealkylation sites (tertiary alicyclic amines) is 1. The van der Waals surface area contributed by atoms with Gasteiger partial charge in [-0.15, -0.1) is 5.10 Å². The van der Waals surface area contributed by atoms with Crippen molar-refractivity contribution >= 4 is 27.3 Å². The van der Waals surface area contributed by atoms with Crippen LogP contribution in [0.1, 0.15) is 34.8 Å². The van der Waals surface area contributed by atoms with Crippen LogP contribution in [0.5, 0.6) is 11.5 Å². The molecule has 1 aromatic carbocycles. The van der Waals surface area contributed by atoms with Gasteiger partial charge < -0.3 is 14.4 Å². The topological polar surface area (TPSA) is 98.7 Å². The molecule has 3 rings (SSSR count). The van der Waals surface area contributed by atoms with Gasteiger partial charge in [0.25, 0.3) is 5.91 Å². The van der Waals surface area contributed by atoms with Crippen molar-refractivity contribution < 1.29 is 22.7 Å². The lowest BCUT2D eigenvalue weighted by Crippen LogP contribution is -2.38. The average Bonchev–Trinajstić information content (AvgIpc) is 3.17. The van der Waals surface area contributed by atoms with E-state index in [9.17, 15) is 13.2 Å². The Morgan fingerprint density at radius 2 is 1.78 bits per heavy atom. The van der Waals surface area contributed by atoms with Crippen LogP contribution in [-0.2, 0) is 9.84 Å². The van der Waals surface area contributed by atoms with Crippen molar-refractivity contribution in [1.82, 2.24) is 14.5 Å². The SMILES string of the molecule is COc1cccc(OC)c1C(=O)N1CCC(c2nnsc2S(C)(=O)=O)CC1. The molecule has 1 amide bonds. The Hall–Kier alpha value is -2.20. The number of piperidine rings is 1. The summed E-state index contributed by atoms with van der Waals surface area (Å²) in [5.74, 6) is 0.730. The zero-order chi connectivity index (χ0) is 19.6. The molecule has 27 heavy (non-hydrogen) atoms. The molecule has 8 nitrogen and oxygen atoms in total. The first-order valence-electron chi connectivity index (χ1n) is 8.39. The molecule has 2 aromatic rings. The number of carbonyl (C=O) groups is 1. The van der Waals surface area contributed by atoms with Gasteiger partial charge >= 0.3 is 0 Å². The molecular formula is C17H21N3O5S2. The Balaban J connectivity index is 1.77. The molecule has 0 N–H and O–H groups in total. The Bertz CT molecular complexity index is 912. The van der Waals surface area contributed by atoms with Gasteiger partial charge in [-0.1, -0.05) is 10.6 Å². The molecule has 1 saturated heterocycles. The first-order chi connectivity index (χ1) is 12.9. The van der Waals surface area contributed by atoms with Crippen LogP contribution in [0.3, 0.4) is 0 Å². The fraction of sp³-hybridized carbons (Fsp3) is 0.471. The van der Waals surface area contributed by atoms with Crippen LogP contribution in [-0.4, -0.2) is 62.4 Å². The Morgan fingerprint density at radius 3 is 2.30 bits per heavy atom. The summed E-state index contributed by atoms with van der Waals surface area (Å²) in [6, 6.07) is 5.21. The number of rotatable bonds is 5. The molecule has 1 aromatic heterocycles. The van der Waals surface area contributed by atoms with Crippen molar-refractivity contribution in [2.45, 2.75) is 23.0 Å². The standard InChI is InChI=1S/C17H21N3O5S2/c1-24-12-5-4-6-13(25-2)14(12)16(21)20-9-7-11(8-10-20)15-17(26-19-18-15)27(3,22)23/h4-6,11H,7-10H2,1-3H3. The summed E-state index contributed by atoms with van der Waals surface area (Å²) in [6.07, 6.45) is 2.41. The molecular weight excluding hydrogens is 390 g/mol. The number of hydrogen-bond donors (Lipinski definition) is 0. The minimum atomic E-state index is -3.35. The second-order valence-electron chi connectivity index (χ2n) is 6.32. The van der Waals surface area contributed by atoms with Crippen molar-refractivity contribution in [1.29, 1.82) is 0 Å². The fourth-order valence-corrected chi connectivity index (χ4v) is 5.00. The predicted octanol–water partition coefficient (Wildman–Crippen LogP) is 1.98. The number of nitrogens with zero attached hydrogens (tertiary/aromatic N) is 3. The van der Waals surface area contributed by atoms with Gasteiger partial charge in [0.2, 0.25) is 0 Å². The summed E-state index contributed by atoms with van der Waals surface area (Å²) in [5.41, 5.74) is 0.914. The van der Waals surface area contributed by atoms with Gasteiger partial charge in [-0.05, 0) is 25.0 Å². The summed E-state index contributed by atoms with van der Waals surface area (Å²) >= 11 is 0.901. The van der Waals surface area contributed by atoms with Crippen molar-refractivity contribution in [3.05, 3.63) is 29.5 Å². The summed E-state index contributed by atoms with van der Waals surface area (Å²) in [7, 11) is -0.323. The van der Waals surface area contributed by atoms with Gasteiger partial charge in [-0.25, -0.2) is 8.42 Å². The summed E-state index contributed by atoms with van der Waals surface area (Å²) < 4.78 is 38.5. The number of amides is 1. The minimum absolute atomic E-state index is 0.0305. The lowest BCUT2D eigenvalue weighted by Gasteiger charge is -2.32. The summed E-state index contributed by atoms with van der Waals surface area (Å²) in [5, 5.41) is 4.04. The number of carbonyl (C=O) groups excluding carboxylic acids is 1. The van der Waals surface area contributed by atoms with Crippen molar-refractivity contribution in [2.75, 3.05) is 33.6 Å². The van der Waals surface area contributed by atoms with Crippen molar-refractivity contribution in [2.24, 2.45) is 0 Å². The number of hydrogen-bond acceptors (Lipinski definition) is 8. The monoisotopic (exact) mass is 411 g/mol. The average molecular weight is 412 g/mol. The fourth-order valence-electron chi connectivity index (χ4n) is 3.27. The van der Waals surface area contributed by atoms with Crippen LogP contribution in [0.4, 0.5) is 0 Å². The maximum Gasteiger partial charge on any atom is 0.261 e. The van der Waals surface area contributed by atoms with E-state index >= 15 is 0 Å². The number of benzene rings is 1. The molecule has 1 aliphatic rings. The predicted molar refractivity (Wildman–Crippen MR) is 100 cm³/mol. The highest BCUT2D eigenvalue weighted by Crippen LogP contribution is 2.35. The third kappa shape index (κ3) is 3.91. The number of aromatic nitrogens is 2. The zero-order valence-corrected chi connectivity index (χ0v) is 17.0. The molecule has 0 bridgehead atoms. The minimum Gasteiger partial charge on any atom is -0.496 e. The van der Waals surface area contributed by atoms with E-state index in [0.29, 0.717) is 48.7 Å². The third-order valence-electron chi connectivity index (χ3n) is 4.63. The molecule has 146 valence electrons. The molecule has 1 aliphatic heterocycles. The van der Waals surface area contributed by atoms with E-state index in [0.717, 1.165) is 17.8 Å². The molecule has 0 spiro atoms. The Labute approximate surface area is 162 Å². The van der Waals surface area contributed by atoms with E-state index in [-0.39, 0.29) is 16.0 Å². The molecule has 0 saturated carbocycles. The summed E-state index contributed by atoms with van der Waals surface area (Å²) in [6.45, 7) is 0.983. The van der Waals surface area contributed by atoms with Crippen LogP contribution >= 0.6 is 11.5 Å². The van der Waals surface area contributed by atoms with Gasteiger partial charge in [0.1, 0.15) is 17.1 Å². The maximum absolute atomic E-state index is 13.0. The highest BCUT2D eigenvalue weighted by molar-refractivity contribution is 7.92. The van der Waals surface area contributed by atoms with Crippen molar-refractivity contribution in [3.8, 4) is 11.5 Å². The van der Waals surface area contributed by atoms with Gasteiger partial charge in [0, 0.05) is 36.8 Å². The number of sulfone groups is 1. The van der Waals surface area contributed by atoms with E-state index < -0.39 is 9.84 Å². The zero-order valence-electron chi connectivity index (χ0n) is 15.3. The van der Waals surface area contributed by atoms with Gasteiger partial charge in [-0.2, -0.15) is 0 Å². The lowest BCUT2D eigenvalue weighted by atomic mass is 9.94. The quantitative estimate of drug-likeness (QED) is 0.742. The molecule has 10 heteroatoms. The first-order valence-corrected chi connectivity index (χ1v) is 11.1. The van der Waals surface area contributed by atoms with E-state index in [1.54, 1.807) is 23.1 Å². The molecule has 1 fully saturated rings. The van der Waals surface area contributed by atoms with Gasteiger partial charge in [0.05, 0.1) is 19.9 Å². The number of methoxy groups -OCH3 is 2. The highest BCUT2D eigenvalue weighted by atomic mass is 32.2. The molecule has 2 heterocycles. The molecule has 0 unspecified atom stereocenters. The van der Waals surface area contributed by atoms with Gasteiger partial charge in [0.15, 0.2) is 14.0 Å². The second kappa shape index (κ2) is 7.81. The van der Waals surface area contributed by atoms with Crippen LogP contribution in [0.15, 0.2) is 22.4 Å². The van der Waals surface area contributed by atoms with Crippen molar-refractivity contribution in [3.63, 3.8) is 0 Å². The van der Waals surface area contributed by atoms with E-state index in [1.807, 2.05) is 0 Å². The van der Waals surface area contributed by atoms with Crippen LogP contribution in [0.2, 0.25) is 0 Å². The van der Waals surface area contributed by atoms with Crippen LogP contribution in [0, 0.1) is 0 Å². The first kappa shape index (κ1) is 19.6. The molecule has 0 atom stereocenters. The Kier molecular flexibility index (Phi) is 5.66. The van der Waals surface area contributed by atoms with Gasteiger partial charge in [-0.3, -0.25) is 4.79 Å². The third-order valence-corrected chi connectivity index (χ3v) is 7.18.